The normalized spacial score (nSPS) is 10.7. The second-order valence-electron chi connectivity index (χ2n) is 7.31. The van der Waals surface area contributed by atoms with Gasteiger partial charge in [-0.25, -0.2) is 4.98 Å². The average Bonchev–Trinajstić information content (AvgIpc) is 3.35. The first-order chi connectivity index (χ1) is 15.3. The van der Waals surface area contributed by atoms with Crippen LogP contribution in [-0.4, -0.2) is 15.8 Å². The summed E-state index contributed by atoms with van der Waals surface area (Å²) in [7, 11) is 0. The number of aromatic nitrogens is 2. The summed E-state index contributed by atoms with van der Waals surface area (Å²) < 4.78 is 0. The van der Waals surface area contributed by atoms with E-state index in [0.29, 0.717) is 16.8 Å². The maximum Gasteiger partial charge on any atom is 0.195 e. The molecule has 31 heavy (non-hydrogen) atoms. The third kappa shape index (κ3) is 3.81. The zero-order valence-electron chi connectivity index (χ0n) is 16.8. The highest BCUT2D eigenvalue weighted by atomic mass is 16.1. The smallest absolute Gasteiger partial charge is 0.195 e. The summed E-state index contributed by atoms with van der Waals surface area (Å²) >= 11 is 0. The first-order valence-corrected chi connectivity index (χ1v) is 10.2. The number of carbonyl (C=O) groups excluding carboxylic acids is 1. The zero-order chi connectivity index (χ0) is 21.0. The van der Waals surface area contributed by atoms with Crippen LogP contribution in [-0.2, 0) is 0 Å². The Labute approximate surface area is 181 Å². The number of hydrogen-bond acceptors (Lipinski definition) is 2. The molecule has 148 valence electrons. The van der Waals surface area contributed by atoms with Gasteiger partial charge in [0.1, 0.15) is 0 Å². The third-order valence-corrected chi connectivity index (χ3v) is 5.27. The van der Waals surface area contributed by atoms with Gasteiger partial charge in [0.15, 0.2) is 5.78 Å². The van der Waals surface area contributed by atoms with E-state index < -0.39 is 0 Å². The predicted octanol–water partition coefficient (Wildman–Crippen LogP) is 6.64. The summed E-state index contributed by atoms with van der Waals surface area (Å²) in [5, 5.41) is 0. The number of hydrogen-bond donors (Lipinski definition) is 1. The van der Waals surface area contributed by atoms with Crippen LogP contribution in [0, 0.1) is 0 Å². The van der Waals surface area contributed by atoms with Crippen molar-refractivity contribution in [1.82, 2.24) is 9.97 Å². The van der Waals surface area contributed by atoms with E-state index in [1.807, 2.05) is 103 Å². The zero-order valence-corrected chi connectivity index (χ0v) is 16.8. The molecule has 2 heterocycles. The van der Waals surface area contributed by atoms with Gasteiger partial charge >= 0.3 is 0 Å². The van der Waals surface area contributed by atoms with Crippen molar-refractivity contribution in [2.45, 2.75) is 0 Å². The van der Waals surface area contributed by atoms with Gasteiger partial charge in [-0.2, -0.15) is 0 Å². The van der Waals surface area contributed by atoms with Gasteiger partial charge < -0.3 is 4.98 Å². The maximum absolute atomic E-state index is 13.3. The Bertz CT molecular complexity index is 1320. The van der Waals surface area contributed by atoms with Crippen molar-refractivity contribution in [3.05, 3.63) is 126 Å². The Hall–Kier alpha value is -4.24. The molecule has 0 bridgehead atoms. The lowest BCUT2D eigenvalue weighted by Gasteiger charge is -2.10. The van der Waals surface area contributed by atoms with E-state index >= 15 is 0 Å². The number of nitrogens with zero attached hydrogens (tertiary/aromatic N) is 1. The van der Waals surface area contributed by atoms with E-state index in [4.69, 9.17) is 4.98 Å². The number of aromatic amines is 1. The van der Waals surface area contributed by atoms with Gasteiger partial charge in [0, 0.05) is 16.8 Å². The quantitative estimate of drug-likeness (QED) is 0.336. The van der Waals surface area contributed by atoms with Gasteiger partial charge in [0.2, 0.25) is 0 Å². The number of pyridine rings is 1. The molecule has 0 saturated carbocycles. The number of benzene rings is 3. The minimum absolute atomic E-state index is 0.0430. The molecular weight excluding hydrogens is 380 g/mol. The van der Waals surface area contributed by atoms with Gasteiger partial charge in [-0.05, 0) is 29.8 Å². The van der Waals surface area contributed by atoms with Gasteiger partial charge in [0.25, 0.3) is 0 Å². The molecule has 0 spiro atoms. The molecule has 1 N–H and O–H groups in total. The van der Waals surface area contributed by atoms with Crippen LogP contribution < -0.4 is 0 Å². The van der Waals surface area contributed by atoms with Gasteiger partial charge in [0.05, 0.1) is 22.6 Å². The molecule has 3 heteroatoms. The largest absolute Gasteiger partial charge is 0.353 e. The molecule has 0 fully saturated rings. The lowest BCUT2D eigenvalue weighted by atomic mass is 9.99. The SMILES string of the molecule is O=C(c1ccccc1)c1ccc(-c2ccccc2)nc1-c1ccc(-c2ccccc2)[nH]1. The Morgan fingerprint density at radius 1 is 0.581 bits per heavy atom. The van der Waals surface area contributed by atoms with E-state index in [-0.39, 0.29) is 5.78 Å². The molecule has 0 atom stereocenters. The molecule has 5 rings (SSSR count). The van der Waals surface area contributed by atoms with E-state index in [1.165, 1.54) is 0 Å². The monoisotopic (exact) mass is 400 g/mol. The van der Waals surface area contributed by atoms with Crippen LogP contribution in [0.1, 0.15) is 15.9 Å². The molecule has 0 aliphatic rings. The number of ketones is 1. The standard InChI is InChI=1S/C28H20N2O/c31-28(22-14-8-3-9-15-22)23-16-17-25(21-12-6-2-7-13-21)30-27(23)26-19-18-24(29-26)20-10-4-1-5-11-20/h1-19,29H. The van der Waals surface area contributed by atoms with Gasteiger partial charge in [-0.3, -0.25) is 4.79 Å². The van der Waals surface area contributed by atoms with Crippen LogP contribution in [0.15, 0.2) is 115 Å². The Kier molecular flexibility index (Phi) is 4.99. The van der Waals surface area contributed by atoms with Crippen LogP contribution in [0.25, 0.3) is 33.9 Å². The second-order valence-corrected chi connectivity index (χ2v) is 7.31. The lowest BCUT2D eigenvalue weighted by Crippen LogP contribution is -2.06. The molecule has 0 saturated heterocycles. The molecule has 2 aromatic heterocycles. The summed E-state index contributed by atoms with van der Waals surface area (Å²) in [6.07, 6.45) is 0. The third-order valence-electron chi connectivity index (χ3n) is 5.27. The summed E-state index contributed by atoms with van der Waals surface area (Å²) in [4.78, 5) is 21.7. The molecule has 0 radical (unpaired) electrons. The first-order valence-electron chi connectivity index (χ1n) is 10.2. The van der Waals surface area contributed by atoms with Crippen molar-refractivity contribution < 1.29 is 4.79 Å². The summed E-state index contributed by atoms with van der Waals surface area (Å²) in [6, 6.07) is 37.3. The Morgan fingerprint density at radius 2 is 1.16 bits per heavy atom. The molecular formula is C28H20N2O. The second kappa shape index (κ2) is 8.25. The van der Waals surface area contributed by atoms with Gasteiger partial charge in [-0.1, -0.05) is 91.0 Å². The Morgan fingerprint density at radius 3 is 1.84 bits per heavy atom. The van der Waals surface area contributed by atoms with E-state index in [9.17, 15) is 4.79 Å². The molecule has 3 aromatic carbocycles. The van der Waals surface area contributed by atoms with E-state index in [1.54, 1.807) is 0 Å². The van der Waals surface area contributed by atoms with Crippen LogP contribution in [0.5, 0.6) is 0 Å². The highest BCUT2D eigenvalue weighted by Gasteiger charge is 2.18. The van der Waals surface area contributed by atoms with E-state index in [0.717, 1.165) is 28.2 Å². The fraction of sp³-hybridized carbons (Fsp3) is 0. The van der Waals surface area contributed by atoms with Crippen molar-refractivity contribution in [2.75, 3.05) is 0 Å². The van der Waals surface area contributed by atoms with Crippen LogP contribution in [0.2, 0.25) is 0 Å². The average molecular weight is 400 g/mol. The van der Waals surface area contributed by atoms with Crippen molar-refractivity contribution in [1.29, 1.82) is 0 Å². The van der Waals surface area contributed by atoms with Crippen LogP contribution in [0.4, 0.5) is 0 Å². The molecule has 3 nitrogen and oxygen atoms in total. The highest BCUT2D eigenvalue weighted by Crippen LogP contribution is 2.29. The number of H-pyrrole nitrogens is 1. The van der Waals surface area contributed by atoms with Crippen molar-refractivity contribution >= 4 is 5.78 Å². The minimum Gasteiger partial charge on any atom is -0.353 e. The van der Waals surface area contributed by atoms with Crippen LogP contribution in [0.3, 0.4) is 0 Å². The molecule has 0 aliphatic carbocycles. The maximum atomic E-state index is 13.3. The molecule has 0 amide bonds. The number of carbonyl (C=O) groups is 1. The Balaban J connectivity index is 1.64. The summed E-state index contributed by atoms with van der Waals surface area (Å²) in [5.74, 6) is -0.0430. The topological polar surface area (TPSA) is 45.8 Å². The highest BCUT2D eigenvalue weighted by molar-refractivity contribution is 6.12. The van der Waals surface area contributed by atoms with Crippen molar-refractivity contribution in [3.8, 4) is 33.9 Å². The van der Waals surface area contributed by atoms with Gasteiger partial charge in [-0.15, -0.1) is 0 Å². The predicted molar refractivity (Wildman–Crippen MR) is 125 cm³/mol. The minimum atomic E-state index is -0.0430. The first kappa shape index (κ1) is 18.8. The number of rotatable bonds is 5. The number of nitrogens with one attached hydrogen (secondary N) is 1. The van der Waals surface area contributed by atoms with Crippen molar-refractivity contribution in [3.63, 3.8) is 0 Å². The van der Waals surface area contributed by atoms with Crippen LogP contribution >= 0.6 is 0 Å². The van der Waals surface area contributed by atoms with E-state index in [2.05, 4.69) is 17.1 Å². The lowest BCUT2D eigenvalue weighted by molar-refractivity contribution is 0.103. The van der Waals surface area contributed by atoms with Crippen molar-refractivity contribution in [2.24, 2.45) is 0 Å². The molecule has 0 unspecified atom stereocenters. The summed E-state index contributed by atoms with van der Waals surface area (Å²) in [6.45, 7) is 0. The fourth-order valence-electron chi connectivity index (χ4n) is 3.68. The molecule has 5 aromatic rings. The fourth-order valence-corrected chi connectivity index (χ4v) is 3.68. The summed E-state index contributed by atoms with van der Waals surface area (Å²) in [5.41, 5.74) is 6.60. The molecule has 0 aliphatic heterocycles.